The summed E-state index contributed by atoms with van der Waals surface area (Å²) in [7, 11) is 0. The van der Waals surface area contributed by atoms with Crippen molar-refractivity contribution in [2.75, 3.05) is 13.2 Å². The molecule has 0 rings (SSSR count). The Balaban J connectivity index is 4.22. The number of hydrogen-bond donors (Lipinski definition) is 0. The van der Waals surface area contributed by atoms with Crippen LogP contribution in [0.15, 0.2) is 12.2 Å². The zero-order valence-electron chi connectivity index (χ0n) is 41.9. The van der Waals surface area contributed by atoms with E-state index in [2.05, 4.69) is 32.9 Å². The summed E-state index contributed by atoms with van der Waals surface area (Å²) in [5.74, 6) is -0.858. The Bertz CT molecular complexity index is 962. The zero-order chi connectivity index (χ0) is 45.1. The molecule has 0 aromatic carbocycles. The third-order valence-corrected chi connectivity index (χ3v) is 12.5. The molecule has 0 heterocycles. The van der Waals surface area contributed by atoms with Crippen molar-refractivity contribution in [2.45, 2.75) is 316 Å². The molecule has 0 aliphatic carbocycles. The number of carbonyl (C=O) groups is 3. The van der Waals surface area contributed by atoms with Crippen LogP contribution in [0.1, 0.15) is 310 Å². The van der Waals surface area contributed by atoms with Crippen LogP contribution in [-0.4, -0.2) is 37.2 Å². The summed E-state index contributed by atoms with van der Waals surface area (Å²) in [6.07, 6.45) is 57.8. The summed E-state index contributed by atoms with van der Waals surface area (Å²) in [6.45, 7) is 6.62. The van der Waals surface area contributed by atoms with E-state index in [0.29, 0.717) is 19.3 Å². The van der Waals surface area contributed by atoms with Gasteiger partial charge in [0.2, 0.25) is 0 Å². The van der Waals surface area contributed by atoms with Crippen LogP contribution in [0, 0.1) is 0 Å². The van der Waals surface area contributed by atoms with Crippen molar-refractivity contribution in [1.29, 1.82) is 0 Å². The molecule has 0 aliphatic rings. The van der Waals surface area contributed by atoms with Gasteiger partial charge < -0.3 is 14.2 Å². The molecule has 0 fully saturated rings. The molecule has 0 spiro atoms. The van der Waals surface area contributed by atoms with E-state index in [0.717, 1.165) is 70.6 Å². The molecule has 6 heteroatoms. The Kier molecular flexibility index (Phi) is 50.2. The Morgan fingerprint density at radius 1 is 0.306 bits per heavy atom. The Morgan fingerprint density at radius 3 is 0.871 bits per heavy atom. The van der Waals surface area contributed by atoms with E-state index in [4.69, 9.17) is 14.2 Å². The van der Waals surface area contributed by atoms with Crippen molar-refractivity contribution in [1.82, 2.24) is 0 Å². The zero-order valence-corrected chi connectivity index (χ0v) is 41.9. The predicted octanol–water partition coefficient (Wildman–Crippen LogP) is 18.2. The lowest BCUT2D eigenvalue weighted by molar-refractivity contribution is -0.167. The molecular weight excluding hydrogens is 769 g/mol. The van der Waals surface area contributed by atoms with Gasteiger partial charge in [-0.05, 0) is 38.5 Å². The van der Waals surface area contributed by atoms with Gasteiger partial charge in [0, 0.05) is 19.3 Å². The second-order valence-corrected chi connectivity index (χ2v) is 18.9. The van der Waals surface area contributed by atoms with Gasteiger partial charge in [-0.15, -0.1) is 0 Å². The average Bonchev–Trinajstić information content (AvgIpc) is 3.27. The molecule has 0 radical (unpaired) electrons. The van der Waals surface area contributed by atoms with Crippen LogP contribution < -0.4 is 0 Å². The van der Waals surface area contributed by atoms with Gasteiger partial charge in [0.15, 0.2) is 6.10 Å². The van der Waals surface area contributed by atoms with E-state index in [1.165, 1.54) is 199 Å². The van der Waals surface area contributed by atoms with E-state index in [9.17, 15) is 14.4 Å². The molecule has 1 atom stereocenters. The second-order valence-electron chi connectivity index (χ2n) is 18.9. The predicted molar refractivity (Wildman–Crippen MR) is 266 cm³/mol. The smallest absolute Gasteiger partial charge is 0.306 e. The maximum Gasteiger partial charge on any atom is 0.306 e. The number of ether oxygens (including phenoxy) is 3. The van der Waals surface area contributed by atoms with E-state index in [-0.39, 0.29) is 31.1 Å². The average molecular weight is 875 g/mol. The SMILES string of the molecule is CCC/C=C\CCCCCCCC(=O)OCC(COC(=O)CCCCCCCCCCCCCCCCCCCCCC)OC(=O)CCCCCCCCCCCCCCCC. The lowest BCUT2D eigenvalue weighted by Gasteiger charge is -2.18. The van der Waals surface area contributed by atoms with Gasteiger partial charge in [0.1, 0.15) is 13.2 Å². The van der Waals surface area contributed by atoms with Gasteiger partial charge in [0.05, 0.1) is 0 Å². The topological polar surface area (TPSA) is 78.9 Å². The maximum atomic E-state index is 12.8. The Morgan fingerprint density at radius 2 is 0.565 bits per heavy atom. The third-order valence-electron chi connectivity index (χ3n) is 12.5. The molecule has 0 aromatic heterocycles. The van der Waals surface area contributed by atoms with E-state index in [1.54, 1.807) is 0 Å². The van der Waals surface area contributed by atoms with Gasteiger partial charge in [0.25, 0.3) is 0 Å². The summed E-state index contributed by atoms with van der Waals surface area (Å²) in [5, 5.41) is 0. The first-order valence-corrected chi connectivity index (χ1v) is 27.7. The molecular formula is C56H106O6. The lowest BCUT2D eigenvalue weighted by Crippen LogP contribution is -2.30. The first kappa shape index (κ1) is 60.2. The van der Waals surface area contributed by atoms with Crippen LogP contribution in [0.25, 0.3) is 0 Å². The van der Waals surface area contributed by atoms with Crippen molar-refractivity contribution >= 4 is 17.9 Å². The molecule has 0 aliphatic heterocycles. The summed E-state index contributed by atoms with van der Waals surface area (Å²) >= 11 is 0. The largest absolute Gasteiger partial charge is 0.462 e. The lowest BCUT2D eigenvalue weighted by atomic mass is 10.0. The molecule has 0 aromatic rings. The van der Waals surface area contributed by atoms with Gasteiger partial charge in [-0.2, -0.15) is 0 Å². The summed E-state index contributed by atoms with van der Waals surface area (Å²) in [5.41, 5.74) is 0. The monoisotopic (exact) mass is 875 g/mol. The van der Waals surface area contributed by atoms with Crippen molar-refractivity contribution < 1.29 is 28.6 Å². The summed E-state index contributed by atoms with van der Waals surface area (Å²) in [6, 6.07) is 0. The van der Waals surface area contributed by atoms with Crippen LogP contribution in [-0.2, 0) is 28.6 Å². The molecule has 6 nitrogen and oxygen atoms in total. The molecule has 366 valence electrons. The van der Waals surface area contributed by atoms with Crippen LogP contribution >= 0.6 is 0 Å². The first-order chi connectivity index (χ1) is 30.5. The highest BCUT2D eigenvalue weighted by Crippen LogP contribution is 2.17. The van der Waals surface area contributed by atoms with Gasteiger partial charge >= 0.3 is 17.9 Å². The molecule has 0 bridgehead atoms. The van der Waals surface area contributed by atoms with E-state index < -0.39 is 6.10 Å². The number of rotatable bonds is 51. The Hall–Kier alpha value is -1.85. The van der Waals surface area contributed by atoms with E-state index in [1.807, 2.05) is 0 Å². The fraction of sp³-hybridized carbons (Fsp3) is 0.911. The van der Waals surface area contributed by atoms with Crippen molar-refractivity contribution in [3.8, 4) is 0 Å². The summed E-state index contributed by atoms with van der Waals surface area (Å²) < 4.78 is 16.8. The van der Waals surface area contributed by atoms with Crippen LogP contribution in [0.3, 0.4) is 0 Å². The molecule has 0 saturated carbocycles. The number of hydrogen-bond acceptors (Lipinski definition) is 6. The van der Waals surface area contributed by atoms with Crippen LogP contribution in [0.2, 0.25) is 0 Å². The quantitative estimate of drug-likeness (QED) is 0.0262. The maximum absolute atomic E-state index is 12.8. The molecule has 62 heavy (non-hydrogen) atoms. The highest BCUT2D eigenvalue weighted by atomic mass is 16.6. The van der Waals surface area contributed by atoms with Gasteiger partial charge in [-0.25, -0.2) is 0 Å². The fourth-order valence-electron chi connectivity index (χ4n) is 8.33. The van der Waals surface area contributed by atoms with Crippen molar-refractivity contribution in [3.05, 3.63) is 12.2 Å². The van der Waals surface area contributed by atoms with E-state index >= 15 is 0 Å². The summed E-state index contributed by atoms with van der Waals surface area (Å²) in [4.78, 5) is 38.0. The number of unbranched alkanes of at least 4 members (excludes halogenated alkanes) is 38. The van der Waals surface area contributed by atoms with Gasteiger partial charge in [-0.3, -0.25) is 14.4 Å². The minimum absolute atomic E-state index is 0.0670. The van der Waals surface area contributed by atoms with Crippen molar-refractivity contribution in [2.24, 2.45) is 0 Å². The molecule has 0 N–H and O–H groups in total. The third kappa shape index (κ3) is 49.2. The molecule has 0 saturated heterocycles. The number of esters is 3. The first-order valence-electron chi connectivity index (χ1n) is 27.7. The van der Waals surface area contributed by atoms with Crippen LogP contribution in [0.4, 0.5) is 0 Å². The Labute approximate surface area is 386 Å². The number of carbonyl (C=O) groups excluding carboxylic acids is 3. The molecule has 1 unspecified atom stereocenters. The highest BCUT2D eigenvalue weighted by molar-refractivity contribution is 5.71. The standard InChI is InChI=1S/C56H106O6/c1-4-7-10-13-16-19-22-24-26-27-28-29-30-31-33-34-37-40-43-46-49-55(58)61-52-53(51-60-54(57)48-45-42-39-36-21-18-15-12-9-6-3)62-56(59)50-47-44-41-38-35-32-25-23-20-17-14-11-8-5-2/h12,15,53H,4-11,13-14,16-52H2,1-3H3/b15-12-. The minimum atomic E-state index is -0.766. The fourth-order valence-corrected chi connectivity index (χ4v) is 8.33. The van der Waals surface area contributed by atoms with Gasteiger partial charge in [-0.1, -0.05) is 264 Å². The van der Waals surface area contributed by atoms with Crippen LogP contribution in [0.5, 0.6) is 0 Å². The van der Waals surface area contributed by atoms with Crippen molar-refractivity contribution in [3.63, 3.8) is 0 Å². The number of allylic oxidation sites excluding steroid dienone is 2. The molecule has 0 amide bonds. The minimum Gasteiger partial charge on any atom is -0.462 e. The highest BCUT2D eigenvalue weighted by Gasteiger charge is 2.19. The second kappa shape index (κ2) is 51.8. The normalized spacial score (nSPS) is 12.0.